The van der Waals surface area contributed by atoms with Gasteiger partial charge in [-0.1, -0.05) is 0 Å². The number of aromatic nitrogens is 4. The number of nitrogens with one attached hydrogen (secondary N) is 1. The van der Waals surface area contributed by atoms with Gasteiger partial charge in [0.2, 0.25) is 0 Å². The molecule has 2 atom stereocenters. The molecule has 24 heavy (non-hydrogen) atoms. The molecule has 3 rings (SSSR count). The Balaban J connectivity index is 1.60. The highest BCUT2D eigenvalue weighted by molar-refractivity contribution is 5.96. The third-order valence-corrected chi connectivity index (χ3v) is 3.92. The molecular weight excluding hydrogens is 313 g/mol. The number of amides is 1. The van der Waals surface area contributed by atoms with Gasteiger partial charge in [-0.2, -0.15) is 0 Å². The monoisotopic (exact) mass is 331 g/mol. The van der Waals surface area contributed by atoms with E-state index in [2.05, 4.69) is 25.3 Å². The molecule has 1 amide bonds. The molecule has 3 N–H and O–H groups in total. The molecular formula is C15H18FN7O. The lowest BCUT2D eigenvalue weighted by Gasteiger charge is -2.24. The van der Waals surface area contributed by atoms with E-state index in [1.807, 2.05) is 4.90 Å². The van der Waals surface area contributed by atoms with Crippen LogP contribution in [0, 0.1) is 0 Å². The van der Waals surface area contributed by atoms with E-state index in [4.69, 9.17) is 5.73 Å². The number of nitrogen functional groups attached to an aromatic ring is 1. The third-order valence-electron chi connectivity index (χ3n) is 3.92. The van der Waals surface area contributed by atoms with E-state index >= 15 is 0 Å². The average molecular weight is 331 g/mol. The molecule has 0 saturated carbocycles. The summed E-state index contributed by atoms with van der Waals surface area (Å²) in [6, 6.07) is -0.109. The van der Waals surface area contributed by atoms with Crippen LogP contribution in [0.15, 0.2) is 31.1 Å². The summed E-state index contributed by atoms with van der Waals surface area (Å²) in [5.74, 6) is -0.339. The Bertz CT molecular complexity index is 699. The van der Waals surface area contributed by atoms with Crippen molar-refractivity contribution in [2.45, 2.75) is 25.2 Å². The molecule has 9 heteroatoms. The smallest absolute Gasteiger partial charge is 0.273 e. The maximum absolute atomic E-state index is 13.8. The average Bonchev–Trinajstić information content (AvgIpc) is 2.93. The number of carbonyl (C=O) groups is 1. The highest BCUT2D eigenvalue weighted by atomic mass is 19.1. The first kappa shape index (κ1) is 16.2. The van der Waals surface area contributed by atoms with E-state index in [0.717, 1.165) is 5.56 Å². The van der Waals surface area contributed by atoms with E-state index in [0.29, 0.717) is 26.1 Å². The zero-order valence-electron chi connectivity index (χ0n) is 13.0. The molecule has 0 bridgehead atoms. The zero-order valence-corrected chi connectivity index (χ0v) is 13.0. The van der Waals surface area contributed by atoms with E-state index in [-0.39, 0.29) is 17.6 Å². The number of anilines is 1. The fourth-order valence-electron chi connectivity index (χ4n) is 2.79. The van der Waals surface area contributed by atoms with E-state index in [1.165, 1.54) is 18.7 Å². The van der Waals surface area contributed by atoms with Crippen molar-refractivity contribution in [2.75, 3.05) is 18.8 Å². The van der Waals surface area contributed by atoms with Crippen molar-refractivity contribution in [1.29, 1.82) is 0 Å². The Labute approximate surface area is 138 Å². The van der Waals surface area contributed by atoms with Gasteiger partial charge in [-0.3, -0.25) is 9.69 Å². The van der Waals surface area contributed by atoms with Crippen LogP contribution in [-0.4, -0.2) is 56.0 Å². The molecule has 0 spiro atoms. The summed E-state index contributed by atoms with van der Waals surface area (Å²) in [5.41, 5.74) is 6.62. The maximum Gasteiger partial charge on any atom is 0.273 e. The van der Waals surface area contributed by atoms with Crippen LogP contribution < -0.4 is 11.1 Å². The van der Waals surface area contributed by atoms with Crippen molar-refractivity contribution in [3.05, 3.63) is 42.4 Å². The normalized spacial score (nSPS) is 20.9. The van der Waals surface area contributed by atoms with Crippen molar-refractivity contribution in [3.8, 4) is 0 Å². The van der Waals surface area contributed by atoms with Crippen LogP contribution in [0.5, 0.6) is 0 Å². The van der Waals surface area contributed by atoms with Crippen LogP contribution in [0.25, 0.3) is 0 Å². The van der Waals surface area contributed by atoms with Crippen LogP contribution in [0.3, 0.4) is 0 Å². The molecule has 126 valence electrons. The van der Waals surface area contributed by atoms with Crippen LogP contribution in [0.1, 0.15) is 22.5 Å². The summed E-state index contributed by atoms with van der Waals surface area (Å²) in [7, 11) is 0. The van der Waals surface area contributed by atoms with Gasteiger partial charge in [0.25, 0.3) is 5.91 Å². The number of rotatable bonds is 5. The topological polar surface area (TPSA) is 110 Å². The number of carbonyl (C=O) groups excluding carboxylic acids is 1. The van der Waals surface area contributed by atoms with Gasteiger partial charge >= 0.3 is 0 Å². The van der Waals surface area contributed by atoms with Gasteiger partial charge in [-0.05, 0) is 6.42 Å². The molecule has 2 aromatic rings. The van der Waals surface area contributed by atoms with Gasteiger partial charge < -0.3 is 11.1 Å². The molecule has 2 aromatic heterocycles. The molecule has 1 fully saturated rings. The number of likely N-dealkylation sites (tertiary alicyclic amines) is 1. The zero-order chi connectivity index (χ0) is 16.9. The summed E-state index contributed by atoms with van der Waals surface area (Å²) >= 11 is 0. The highest BCUT2D eigenvalue weighted by Gasteiger charge is 2.32. The van der Waals surface area contributed by atoms with Crippen molar-refractivity contribution in [2.24, 2.45) is 0 Å². The first-order valence-corrected chi connectivity index (χ1v) is 7.60. The molecule has 0 radical (unpaired) electrons. The Morgan fingerprint density at radius 3 is 2.83 bits per heavy atom. The first-order chi connectivity index (χ1) is 11.6. The molecule has 8 nitrogen and oxygen atoms in total. The Morgan fingerprint density at radius 2 is 2.08 bits per heavy atom. The molecule has 1 aliphatic rings. The summed E-state index contributed by atoms with van der Waals surface area (Å²) in [5, 5.41) is 2.76. The van der Waals surface area contributed by atoms with Gasteiger partial charge in [-0.15, -0.1) is 0 Å². The third kappa shape index (κ3) is 3.80. The number of hydrogen-bond acceptors (Lipinski definition) is 7. The second kappa shape index (κ2) is 7.26. The van der Waals surface area contributed by atoms with Crippen molar-refractivity contribution in [3.63, 3.8) is 0 Å². The molecule has 0 unspecified atom stereocenters. The molecule has 0 aliphatic carbocycles. The molecule has 0 aromatic carbocycles. The minimum Gasteiger partial charge on any atom is -0.382 e. The number of hydrogen-bond donors (Lipinski definition) is 2. The van der Waals surface area contributed by atoms with Crippen LogP contribution >= 0.6 is 0 Å². The van der Waals surface area contributed by atoms with Crippen molar-refractivity contribution < 1.29 is 9.18 Å². The number of nitrogens with two attached hydrogens (primary N) is 1. The largest absolute Gasteiger partial charge is 0.382 e. The summed E-state index contributed by atoms with van der Waals surface area (Å²) in [4.78, 5) is 29.8. The Kier molecular flexibility index (Phi) is 4.90. The predicted molar refractivity (Wildman–Crippen MR) is 84.5 cm³/mol. The predicted octanol–water partition coefficient (Wildman–Crippen LogP) is 0.191. The molecule has 3 heterocycles. The number of nitrogens with zero attached hydrogens (tertiary/aromatic N) is 5. The second-order valence-electron chi connectivity index (χ2n) is 5.66. The molecule has 1 aliphatic heterocycles. The van der Waals surface area contributed by atoms with Crippen LogP contribution in [-0.2, 0) is 6.54 Å². The fourth-order valence-corrected chi connectivity index (χ4v) is 2.79. The lowest BCUT2D eigenvalue weighted by Crippen LogP contribution is -2.40. The fraction of sp³-hybridized carbons (Fsp3) is 0.400. The molecule has 1 saturated heterocycles. The van der Waals surface area contributed by atoms with Crippen molar-refractivity contribution in [1.82, 2.24) is 30.2 Å². The lowest BCUT2D eigenvalue weighted by atomic mass is 10.2. The minimum absolute atomic E-state index is 0.0723. The first-order valence-electron chi connectivity index (χ1n) is 7.60. The van der Waals surface area contributed by atoms with Gasteiger partial charge in [0.15, 0.2) is 11.5 Å². The standard InChI is InChI=1S/C15H18FN7O/c16-11-3-12(23(8-11)7-10-4-18-9-19-5-10)6-22-15(24)13-14(17)21-2-1-20-13/h1-2,4-5,9,11-12H,3,6-8H2,(H2,17,21)(H,22,24)/t11-,12-/m0/s1. The maximum atomic E-state index is 13.8. The quantitative estimate of drug-likeness (QED) is 0.805. The van der Waals surface area contributed by atoms with Gasteiger partial charge in [0.05, 0.1) is 0 Å². The van der Waals surface area contributed by atoms with Gasteiger partial charge in [0.1, 0.15) is 12.5 Å². The number of halogens is 1. The second-order valence-corrected chi connectivity index (χ2v) is 5.66. The summed E-state index contributed by atoms with van der Waals surface area (Å²) < 4.78 is 13.8. The Morgan fingerprint density at radius 1 is 1.33 bits per heavy atom. The van der Waals surface area contributed by atoms with Crippen LogP contribution in [0.4, 0.5) is 10.2 Å². The SMILES string of the molecule is Nc1nccnc1C(=O)NC[C@@H]1C[C@H](F)CN1Cc1cncnc1. The van der Waals surface area contributed by atoms with Crippen LogP contribution in [0.2, 0.25) is 0 Å². The summed E-state index contributed by atoms with van der Waals surface area (Å²) in [6.45, 7) is 1.17. The minimum atomic E-state index is -0.918. The van der Waals surface area contributed by atoms with Crippen molar-refractivity contribution >= 4 is 11.7 Å². The highest BCUT2D eigenvalue weighted by Crippen LogP contribution is 2.22. The lowest BCUT2D eigenvalue weighted by molar-refractivity contribution is 0.0935. The Hall–Kier alpha value is -2.68. The van der Waals surface area contributed by atoms with Gasteiger partial charge in [0, 0.05) is 56.0 Å². The van der Waals surface area contributed by atoms with E-state index in [9.17, 15) is 9.18 Å². The summed E-state index contributed by atoms with van der Waals surface area (Å²) in [6.07, 6.45) is 7.13. The van der Waals surface area contributed by atoms with Gasteiger partial charge in [-0.25, -0.2) is 24.3 Å². The van der Waals surface area contributed by atoms with E-state index in [1.54, 1.807) is 12.4 Å². The number of alkyl halides is 1. The van der Waals surface area contributed by atoms with E-state index < -0.39 is 12.1 Å².